The lowest BCUT2D eigenvalue weighted by Crippen LogP contribution is -2.32. The summed E-state index contributed by atoms with van der Waals surface area (Å²) in [5, 5.41) is 0. The predicted molar refractivity (Wildman–Crippen MR) is 207 cm³/mol. The summed E-state index contributed by atoms with van der Waals surface area (Å²) >= 11 is 0. The third-order valence-corrected chi connectivity index (χ3v) is 14.9. The zero-order valence-electron chi connectivity index (χ0n) is 32.8. The van der Waals surface area contributed by atoms with Gasteiger partial charge in [0.05, 0.1) is 0 Å². The van der Waals surface area contributed by atoms with E-state index in [4.69, 9.17) is 4.74 Å². The van der Waals surface area contributed by atoms with Gasteiger partial charge in [0.1, 0.15) is 0 Å². The van der Waals surface area contributed by atoms with Crippen LogP contribution < -0.4 is 0 Å². The first-order valence-corrected chi connectivity index (χ1v) is 22.6. The molecule has 2 atom stereocenters. The standard InChI is InChI=1S/C46H86O/c1-5-7-9-11-13-15-39-21-29-43(30-22-39)45(41-25-17-37(3)18-26-41)33-35-47-36-34-46(42-27-19-38(4)20-28-42)44-31-23-40(24-32-44)16-14-12-10-8-6-2/h37-46H,5-36H2,1-4H3. The molecule has 0 N–H and O–H groups in total. The molecule has 0 saturated heterocycles. The van der Waals surface area contributed by atoms with Crippen molar-refractivity contribution in [3.05, 3.63) is 0 Å². The van der Waals surface area contributed by atoms with Crippen molar-refractivity contribution < 1.29 is 4.74 Å². The van der Waals surface area contributed by atoms with E-state index in [2.05, 4.69) is 27.7 Å². The number of rotatable bonds is 22. The van der Waals surface area contributed by atoms with Crippen molar-refractivity contribution >= 4 is 0 Å². The van der Waals surface area contributed by atoms with E-state index in [-0.39, 0.29) is 0 Å². The maximum atomic E-state index is 6.71. The molecular weight excluding hydrogens is 569 g/mol. The molecule has 0 bridgehead atoms. The quantitative estimate of drug-likeness (QED) is 0.106. The highest BCUT2D eigenvalue weighted by atomic mass is 16.5. The van der Waals surface area contributed by atoms with Crippen LogP contribution >= 0.6 is 0 Å². The van der Waals surface area contributed by atoms with Crippen LogP contribution in [0.1, 0.15) is 220 Å². The molecule has 1 nitrogen and oxygen atoms in total. The summed E-state index contributed by atoms with van der Waals surface area (Å²) in [6.45, 7) is 11.8. The van der Waals surface area contributed by atoms with E-state index in [1.54, 1.807) is 0 Å². The summed E-state index contributed by atoms with van der Waals surface area (Å²) in [7, 11) is 0. The molecule has 1 heteroatoms. The first-order valence-electron chi connectivity index (χ1n) is 22.6. The van der Waals surface area contributed by atoms with Crippen molar-refractivity contribution in [3.63, 3.8) is 0 Å². The first-order chi connectivity index (χ1) is 23.1. The van der Waals surface area contributed by atoms with Crippen LogP contribution in [-0.4, -0.2) is 13.2 Å². The Labute approximate surface area is 296 Å². The molecule has 0 amide bonds. The molecule has 0 radical (unpaired) electrons. The van der Waals surface area contributed by atoms with E-state index in [0.717, 1.165) is 72.4 Å². The highest BCUT2D eigenvalue weighted by molar-refractivity contribution is 4.86. The number of ether oxygens (including phenoxy) is 1. The lowest BCUT2D eigenvalue weighted by molar-refractivity contribution is 0.0381. The monoisotopic (exact) mass is 655 g/mol. The lowest BCUT2D eigenvalue weighted by atomic mass is 9.65. The summed E-state index contributed by atoms with van der Waals surface area (Å²) in [4.78, 5) is 0. The van der Waals surface area contributed by atoms with Crippen molar-refractivity contribution in [2.45, 2.75) is 220 Å². The maximum Gasteiger partial charge on any atom is 0.0468 e. The molecule has 0 aromatic carbocycles. The summed E-state index contributed by atoms with van der Waals surface area (Å²) < 4.78 is 6.71. The van der Waals surface area contributed by atoms with Crippen molar-refractivity contribution in [1.82, 2.24) is 0 Å². The lowest BCUT2D eigenvalue weighted by Gasteiger charge is -2.41. The molecule has 4 aliphatic carbocycles. The van der Waals surface area contributed by atoms with Crippen LogP contribution in [0.2, 0.25) is 0 Å². The predicted octanol–water partition coefficient (Wildman–Crippen LogP) is 15.0. The van der Waals surface area contributed by atoms with Gasteiger partial charge >= 0.3 is 0 Å². The Morgan fingerprint density at radius 2 is 0.723 bits per heavy atom. The Morgan fingerprint density at radius 3 is 1.06 bits per heavy atom. The summed E-state index contributed by atoms with van der Waals surface area (Å²) in [6.07, 6.45) is 44.5. The van der Waals surface area contributed by atoms with Crippen LogP contribution in [0.25, 0.3) is 0 Å². The second-order valence-electron chi connectivity index (χ2n) is 18.5. The van der Waals surface area contributed by atoms with E-state index in [9.17, 15) is 0 Å². The molecule has 276 valence electrons. The van der Waals surface area contributed by atoms with Crippen LogP contribution in [0.15, 0.2) is 0 Å². The van der Waals surface area contributed by atoms with Gasteiger partial charge in [0.15, 0.2) is 0 Å². The van der Waals surface area contributed by atoms with E-state index in [1.807, 2.05) is 0 Å². The van der Waals surface area contributed by atoms with Gasteiger partial charge in [-0.15, -0.1) is 0 Å². The number of unbranched alkanes of at least 4 members (excludes halogenated alkanes) is 8. The average Bonchev–Trinajstić information content (AvgIpc) is 3.10. The van der Waals surface area contributed by atoms with Gasteiger partial charge in [-0.1, -0.05) is 156 Å². The molecule has 4 rings (SSSR count). The van der Waals surface area contributed by atoms with Crippen molar-refractivity contribution in [3.8, 4) is 0 Å². The third-order valence-electron chi connectivity index (χ3n) is 14.9. The van der Waals surface area contributed by atoms with Gasteiger partial charge in [-0.05, 0) is 123 Å². The minimum Gasteiger partial charge on any atom is -0.381 e. The smallest absolute Gasteiger partial charge is 0.0468 e. The molecule has 4 aliphatic rings. The molecule has 47 heavy (non-hydrogen) atoms. The van der Waals surface area contributed by atoms with Gasteiger partial charge in [-0.3, -0.25) is 0 Å². The van der Waals surface area contributed by atoms with Gasteiger partial charge in [0.2, 0.25) is 0 Å². The molecular formula is C46H86O. The van der Waals surface area contributed by atoms with Crippen molar-refractivity contribution in [2.75, 3.05) is 13.2 Å². The maximum absolute atomic E-state index is 6.71. The Morgan fingerprint density at radius 1 is 0.404 bits per heavy atom. The molecule has 0 spiro atoms. The summed E-state index contributed by atoms with van der Waals surface area (Å²) in [5.74, 6) is 9.86. The molecule has 4 fully saturated rings. The normalized spacial score (nSPS) is 33.4. The van der Waals surface area contributed by atoms with E-state index < -0.39 is 0 Å². The Kier molecular flexibility index (Phi) is 19.8. The van der Waals surface area contributed by atoms with Crippen molar-refractivity contribution in [2.24, 2.45) is 59.2 Å². The second-order valence-corrected chi connectivity index (χ2v) is 18.5. The van der Waals surface area contributed by atoms with Gasteiger partial charge < -0.3 is 4.74 Å². The summed E-state index contributed by atoms with van der Waals surface area (Å²) in [6, 6.07) is 0. The molecule has 0 aromatic rings. The average molecular weight is 655 g/mol. The highest BCUT2D eigenvalue weighted by Crippen LogP contribution is 2.46. The van der Waals surface area contributed by atoms with Gasteiger partial charge in [-0.25, -0.2) is 0 Å². The molecule has 2 unspecified atom stereocenters. The summed E-state index contributed by atoms with van der Waals surface area (Å²) in [5.41, 5.74) is 0. The van der Waals surface area contributed by atoms with Gasteiger partial charge in [0.25, 0.3) is 0 Å². The number of hydrogen-bond acceptors (Lipinski definition) is 1. The third kappa shape index (κ3) is 14.6. The SMILES string of the molecule is CCCCCCCC1CCC(C(CCOCCC(C2CCC(C)CC2)C2CCC(CCCCCCC)CC2)C2CCC(C)CC2)CC1. The minimum absolute atomic E-state index is 0.945. The topological polar surface area (TPSA) is 9.23 Å². The molecule has 0 aromatic heterocycles. The van der Waals surface area contributed by atoms with Crippen LogP contribution in [0.4, 0.5) is 0 Å². The fourth-order valence-electron chi connectivity index (χ4n) is 11.6. The van der Waals surface area contributed by atoms with Crippen molar-refractivity contribution in [1.29, 1.82) is 0 Å². The van der Waals surface area contributed by atoms with E-state index >= 15 is 0 Å². The van der Waals surface area contributed by atoms with Crippen LogP contribution in [0, 0.1) is 59.2 Å². The first kappa shape index (κ1) is 39.7. The van der Waals surface area contributed by atoms with E-state index in [0.29, 0.717) is 0 Å². The Hall–Kier alpha value is -0.0400. The van der Waals surface area contributed by atoms with Crippen LogP contribution in [-0.2, 0) is 4.74 Å². The fourth-order valence-corrected chi connectivity index (χ4v) is 11.6. The van der Waals surface area contributed by atoms with E-state index in [1.165, 1.54) is 193 Å². The second kappa shape index (κ2) is 23.4. The zero-order valence-corrected chi connectivity index (χ0v) is 32.8. The fraction of sp³-hybridized carbons (Fsp3) is 1.00. The largest absolute Gasteiger partial charge is 0.381 e. The Balaban J connectivity index is 1.21. The molecule has 4 saturated carbocycles. The highest BCUT2D eigenvalue weighted by Gasteiger charge is 2.36. The van der Waals surface area contributed by atoms with Crippen LogP contribution in [0.5, 0.6) is 0 Å². The Bertz CT molecular complexity index is 666. The van der Waals surface area contributed by atoms with Gasteiger partial charge in [-0.2, -0.15) is 0 Å². The zero-order chi connectivity index (χ0) is 33.1. The minimum atomic E-state index is 0.945. The molecule has 0 aliphatic heterocycles. The molecule has 0 heterocycles. The van der Waals surface area contributed by atoms with Gasteiger partial charge in [0, 0.05) is 13.2 Å². The number of hydrogen-bond donors (Lipinski definition) is 0. The van der Waals surface area contributed by atoms with Crippen LogP contribution in [0.3, 0.4) is 0 Å².